The minimum Gasteiger partial charge on any atom is -0.497 e. The van der Waals surface area contributed by atoms with Crippen molar-refractivity contribution in [2.45, 2.75) is 6.54 Å². The third-order valence-corrected chi connectivity index (χ3v) is 4.13. The van der Waals surface area contributed by atoms with Gasteiger partial charge in [-0.3, -0.25) is 4.79 Å². The van der Waals surface area contributed by atoms with Crippen LogP contribution in [0.5, 0.6) is 5.75 Å². The van der Waals surface area contributed by atoms with E-state index < -0.39 is 5.91 Å². The molecule has 2 heterocycles. The lowest BCUT2D eigenvalue weighted by Gasteiger charge is -2.09. The number of nitrogens with zero attached hydrogens (tertiary/aromatic N) is 1. The second-order valence-electron chi connectivity index (χ2n) is 4.50. The summed E-state index contributed by atoms with van der Waals surface area (Å²) in [5.41, 5.74) is 8.14. The van der Waals surface area contributed by atoms with E-state index in [1.807, 2.05) is 46.3 Å². The van der Waals surface area contributed by atoms with E-state index in [0.717, 1.165) is 21.5 Å². The van der Waals surface area contributed by atoms with Gasteiger partial charge < -0.3 is 15.0 Å². The molecule has 20 heavy (non-hydrogen) atoms. The molecule has 4 nitrogen and oxygen atoms in total. The Morgan fingerprint density at radius 3 is 2.70 bits per heavy atom. The van der Waals surface area contributed by atoms with Crippen molar-refractivity contribution >= 4 is 27.5 Å². The first-order valence-corrected chi connectivity index (χ1v) is 7.06. The zero-order valence-electron chi connectivity index (χ0n) is 11.0. The van der Waals surface area contributed by atoms with Crippen molar-refractivity contribution in [2.75, 3.05) is 7.11 Å². The van der Waals surface area contributed by atoms with Crippen molar-refractivity contribution in [1.29, 1.82) is 0 Å². The summed E-state index contributed by atoms with van der Waals surface area (Å²) >= 11 is 1.61. The first kappa shape index (κ1) is 12.7. The van der Waals surface area contributed by atoms with Crippen molar-refractivity contribution in [1.82, 2.24) is 4.57 Å². The van der Waals surface area contributed by atoms with Crippen LogP contribution < -0.4 is 10.5 Å². The van der Waals surface area contributed by atoms with E-state index in [9.17, 15) is 4.79 Å². The van der Waals surface area contributed by atoms with Crippen molar-refractivity contribution in [2.24, 2.45) is 5.73 Å². The van der Waals surface area contributed by atoms with Gasteiger partial charge in [0.05, 0.1) is 17.3 Å². The largest absolute Gasteiger partial charge is 0.497 e. The molecule has 3 aromatic rings. The Morgan fingerprint density at radius 2 is 2.05 bits per heavy atom. The number of nitrogens with two attached hydrogens (primary N) is 1. The van der Waals surface area contributed by atoms with Gasteiger partial charge in [-0.05, 0) is 35.2 Å². The Bertz CT molecular complexity index is 756. The lowest BCUT2D eigenvalue weighted by Crippen LogP contribution is -2.17. The molecule has 0 spiro atoms. The van der Waals surface area contributed by atoms with Crippen LogP contribution in [0.1, 0.15) is 16.1 Å². The number of ether oxygens (including phenoxy) is 1. The summed E-state index contributed by atoms with van der Waals surface area (Å²) in [6.45, 7) is 0.614. The van der Waals surface area contributed by atoms with Gasteiger partial charge in [0.25, 0.3) is 5.91 Å². The molecule has 0 aliphatic rings. The number of thiophene rings is 1. The van der Waals surface area contributed by atoms with E-state index in [0.29, 0.717) is 12.2 Å². The van der Waals surface area contributed by atoms with Crippen LogP contribution in [0, 0.1) is 0 Å². The highest BCUT2D eigenvalue weighted by Crippen LogP contribution is 2.26. The molecule has 0 aliphatic heterocycles. The summed E-state index contributed by atoms with van der Waals surface area (Å²) in [4.78, 5) is 11.6. The van der Waals surface area contributed by atoms with E-state index in [1.165, 1.54) is 0 Å². The van der Waals surface area contributed by atoms with E-state index in [-0.39, 0.29) is 0 Å². The maximum atomic E-state index is 11.6. The minimum atomic E-state index is -0.401. The number of primary amides is 1. The molecule has 0 atom stereocenters. The Hall–Kier alpha value is -2.27. The third kappa shape index (κ3) is 2.16. The molecule has 0 bridgehead atoms. The predicted molar refractivity (Wildman–Crippen MR) is 80.4 cm³/mol. The molecule has 0 radical (unpaired) electrons. The molecular formula is C15H14N2O2S. The zero-order valence-corrected chi connectivity index (χ0v) is 11.8. The summed E-state index contributed by atoms with van der Waals surface area (Å²) in [5, 5.41) is 2.01. The Kier molecular flexibility index (Phi) is 3.20. The smallest absolute Gasteiger partial charge is 0.265 e. The molecule has 1 amide bonds. The first-order chi connectivity index (χ1) is 9.69. The SMILES string of the molecule is COc1ccc(Cn2c(C(N)=O)cc3sccc32)cc1. The number of rotatable bonds is 4. The van der Waals surface area contributed by atoms with Gasteiger partial charge in [-0.25, -0.2) is 0 Å². The third-order valence-electron chi connectivity index (χ3n) is 3.27. The number of carbonyl (C=O) groups excluding carboxylic acids is 1. The fraction of sp³-hybridized carbons (Fsp3) is 0.133. The Balaban J connectivity index is 2.01. The molecule has 5 heteroatoms. The molecule has 0 saturated heterocycles. The van der Waals surface area contributed by atoms with E-state index >= 15 is 0 Å². The van der Waals surface area contributed by atoms with Gasteiger partial charge in [-0.15, -0.1) is 11.3 Å². The average molecular weight is 286 g/mol. The van der Waals surface area contributed by atoms with Crippen molar-refractivity contribution in [3.63, 3.8) is 0 Å². The number of fused-ring (bicyclic) bond motifs is 1. The molecule has 102 valence electrons. The van der Waals surface area contributed by atoms with Crippen molar-refractivity contribution in [3.8, 4) is 5.75 Å². The zero-order chi connectivity index (χ0) is 14.1. The monoisotopic (exact) mass is 286 g/mol. The van der Waals surface area contributed by atoms with Crippen LogP contribution in [0.25, 0.3) is 10.2 Å². The normalized spacial score (nSPS) is 10.8. The van der Waals surface area contributed by atoms with Gasteiger partial charge >= 0.3 is 0 Å². The van der Waals surface area contributed by atoms with Crippen LogP contribution in [0.2, 0.25) is 0 Å². The molecule has 1 aromatic carbocycles. The summed E-state index contributed by atoms with van der Waals surface area (Å²) < 4.78 is 8.18. The highest BCUT2D eigenvalue weighted by molar-refractivity contribution is 7.17. The average Bonchev–Trinajstić information content (AvgIpc) is 3.02. The van der Waals surface area contributed by atoms with Gasteiger partial charge in [0.15, 0.2) is 0 Å². The predicted octanol–water partition coefficient (Wildman–Crippen LogP) is 2.86. The van der Waals surface area contributed by atoms with Crippen LogP contribution in [-0.2, 0) is 6.54 Å². The van der Waals surface area contributed by atoms with E-state index in [4.69, 9.17) is 10.5 Å². The fourth-order valence-corrected chi connectivity index (χ4v) is 3.09. The van der Waals surface area contributed by atoms with E-state index in [2.05, 4.69) is 0 Å². The minimum absolute atomic E-state index is 0.401. The van der Waals surface area contributed by atoms with Crippen molar-refractivity contribution < 1.29 is 9.53 Å². The van der Waals surface area contributed by atoms with Gasteiger partial charge in [0.2, 0.25) is 0 Å². The second kappa shape index (κ2) is 5.02. The molecule has 0 saturated carbocycles. The Morgan fingerprint density at radius 1 is 1.30 bits per heavy atom. The van der Waals surface area contributed by atoms with Gasteiger partial charge in [-0.2, -0.15) is 0 Å². The molecule has 3 rings (SSSR count). The maximum Gasteiger partial charge on any atom is 0.265 e. The highest BCUT2D eigenvalue weighted by atomic mass is 32.1. The lowest BCUT2D eigenvalue weighted by atomic mass is 10.2. The van der Waals surface area contributed by atoms with E-state index in [1.54, 1.807) is 18.4 Å². The maximum absolute atomic E-state index is 11.6. The number of hydrogen-bond donors (Lipinski definition) is 1. The standard InChI is InChI=1S/C15H14N2O2S/c1-19-11-4-2-10(3-5-11)9-17-12-6-7-20-14(12)8-13(17)15(16)18/h2-8H,9H2,1H3,(H2,16,18). The lowest BCUT2D eigenvalue weighted by molar-refractivity contribution is 0.0992. The molecule has 0 unspecified atom stereocenters. The summed E-state index contributed by atoms with van der Waals surface area (Å²) in [6.07, 6.45) is 0. The van der Waals surface area contributed by atoms with Gasteiger partial charge in [0, 0.05) is 6.54 Å². The number of amides is 1. The van der Waals surface area contributed by atoms with Crippen LogP contribution in [0.3, 0.4) is 0 Å². The number of benzene rings is 1. The summed E-state index contributed by atoms with van der Waals surface area (Å²) in [7, 11) is 1.64. The Labute approximate surface area is 120 Å². The van der Waals surface area contributed by atoms with Crippen LogP contribution in [0.4, 0.5) is 0 Å². The highest BCUT2D eigenvalue weighted by Gasteiger charge is 2.14. The summed E-state index contributed by atoms with van der Waals surface area (Å²) in [6, 6.07) is 11.7. The van der Waals surface area contributed by atoms with Gasteiger partial charge in [-0.1, -0.05) is 12.1 Å². The van der Waals surface area contributed by atoms with Crippen molar-refractivity contribution in [3.05, 3.63) is 53.0 Å². The molecule has 0 aliphatic carbocycles. The number of hydrogen-bond acceptors (Lipinski definition) is 3. The second-order valence-corrected chi connectivity index (χ2v) is 5.45. The van der Waals surface area contributed by atoms with Crippen LogP contribution in [0.15, 0.2) is 41.8 Å². The molecule has 2 aromatic heterocycles. The number of aromatic nitrogens is 1. The number of carbonyl (C=O) groups is 1. The quantitative estimate of drug-likeness (QED) is 0.801. The molecule has 0 fully saturated rings. The fourth-order valence-electron chi connectivity index (χ4n) is 2.27. The van der Waals surface area contributed by atoms with Crippen LogP contribution in [-0.4, -0.2) is 17.6 Å². The van der Waals surface area contributed by atoms with Gasteiger partial charge in [0.1, 0.15) is 11.4 Å². The topological polar surface area (TPSA) is 57.2 Å². The number of methoxy groups -OCH3 is 1. The summed E-state index contributed by atoms with van der Waals surface area (Å²) in [5.74, 6) is 0.416. The first-order valence-electron chi connectivity index (χ1n) is 6.18. The molecular weight excluding hydrogens is 272 g/mol. The van der Waals surface area contributed by atoms with Crippen LogP contribution >= 0.6 is 11.3 Å². The molecule has 2 N–H and O–H groups in total.